The van der Waals surface area contributed by atoms with Crippen LogP contribution in [0.3, 0.4) is 0 Å². The lowest BCUT2D eigenvalue weighted by molar-refractivity contribution is 0.114. The fourth-order valence-corrected chi connectivity index (χ4v) is 2.84. The van der Waals surface area contributed by atoms with E-state index in [1.165, 1.54) is 0 Å². The Balaban J connectivity index is 2.17. The molecule has 1 aliphatic heterocycles. The molecule has 1 fully saturated rings. The molecule has 0 aromatic rings. The Bertz CT molecular complexity index is 263. The van der Waals surface area contributed by atoms with Crippen LogP contribution in [0.4, 0.5) is 0 Å². The first kappa shape index (κ1) is 13.2. The van der Waals surface area contributed by atoms with Crippen molar-refractivity contribution in [3.8, 4) is 0 Å². The fourth-order valence-electron chi connectivity index (χ4n) is 1.48. The van der Waals surface area contributed by atoms with E-state index in [9.17, 15) is 8.42 Å². The number of ether oxygens (including phenoxy) is 1. The molecule has 1 rings (SSSR count). The van der Waals surface area contributed by atoms with Crippen molar-refractivity contribution >= 4 is 21.6 Å². The van der Waals surface area contributed by atoms with Crippen LogP contribution in [0.2, 0.25) is 0 Å². The second-order valence-electron chi connectivity index (χ2n) is 3.70. The van der Waals surface area contributed by atoms with E-state index < -0.39 is 10.0 Å². The van der Waals surface area contributed by atoms with Gasteiger partial charge in [-0.25, -0.2) is 13.1 Å². The first-order valence-corrected chi connectivity index (χ1v) is 7.47. The van der Waals surface area contributed by atoms with Gasteiger partial charge in [-0.3, -0.25) is 0 Å². The van der Waals surface area contributed by atoms with Crippen LogP contribution in [0.5, 0.6) is 0 Å². The Morgan fingerprint density at radius 2 is 2.20 bits per heavy atom. The van der Waals surface area contributed by atoms with Crippen molar-refractivity contribution in [3.05, 3.63) is 0 Å². The van der Waals surface area contributed by atoms with E-state index in [4.69, 9.17) is 16.3 Å². The molecule has 0 aromatic carbocycles. The molecular formula is C9H18ClNO3S. The van der Waals surface area contributed by atoms with Crippen LogP contribution in [-0.2, 0) is 14.8 Å². The van der Waals surface area contributed by atoms with Gasteiger partial charge in [-0.15, -0.1) is 11.6 Å². The number of halogens is 1. The van der Waals surface area contributed by atoms with E-state index in [1.807, 2.05) is 0 Å². The van der Waals surface area contributed by atoms with Crippen molar-refractivity contribution in [1.82, 2.24) is 4.72 Å². The predicted octanol–water partition coefficient (Wildman–Crippen LogP) is 1.10. The second-order valence-corrected chi connectivity index (χ2v) is 6.00. The quantitative estimate of drug-likeness (QED) is 0.548. The molecule has 1 atom stereocenters. The minimum Gasteiger partial charge on any atom is -0.377 e. The molecule has 0 aliphatic carbocycles. The summed E-state index contributed by atoms with van der Waals surface area (Å²) in [6.45, 7) is 1.15. The number of nitrogens with one attached hydrogen (secondary N) is 1. The Hall–Kier alpha value is 0.160. The lowest BCUT2D eigenvalue weighted by Gasteiger charge is -2.10. The van der Waals surface area contributed by atoms with Crippen LogP contribution in [0, 0.1) is 0 Å². The molecular weight excluding hydrogens is 238 g/mol. The zero-order valence-electron chi connectivity index (χ0n) is 8.75. The fraction of sp³-hybridized carbons (Fsp3) is 1.00. The molecule has 1 aliphatic rings. The van der Waals surface area contributed by atoms with Crippen LogP contribution in [0.15, 0.2) is 0 Å². The monoisotopic (exact) mass is 255 g/mol. The van der Waals surface area contributed by atoms with Gasteiger partial charge in [0.15, 0.2) is 0 Å². The molecule has 6 heteroatoms. The molecule has 4 nitrogen and oxygen atoms in total. The van der Waals surface area contributed by atoms with E-state index in [1.54, 1.807) is 0 Å². The Kier molecular flexibility index (Phi) is 5.89. The van der Waals surface area contributed by atoms with Crippen molar-refractivity contribution < 1.29 is 13.2 Å². The molecule has 1 unspecified atom stereocenters. The van der Waals surface area contributed by atoms with Gasteiger partial charge in [-0.1, -0.05) is 0 Å². The first-order chi connectivity index (χ1) is 7.14. The van der Waals surface area contributed by atoms with Gasteiger partial charge in [0.05, 0.1) is 11.9 Å². The summed E-state index contributed by atoms with van der Waals surface area (Å²) in [4.78, 5) is 0. The van der Waals surface area contributed by atoms with Gasteiger partial charge in [0.25, 0.3) is 0 Å². The normalized spacial score (nSPS) is 22.1. The van der Waals surface area contributed by atoms with Gasteiger partial charge >= 0.3 is 0 Å². The van der Waals surface area contributed by atoms with E-state index in [-0.39, 0.29) is 11.9 Å². The minimum atomic E-state index is -3.13. The Morgan fingerprint density at radius 3 is 2.80 bits per heavy atom. The zero-order chi connectivity index (χ0) is 11.1. The predicted molar refractivity (Wildman–Crippen MR) is 60.7 cm³/mol. The Labute approximate surface area is 96.4 Å². The third-order valence-corrected chi connectivity index (χ3v) is 4.05. The van der Waals surface area contributed by atoms with Crippen LogP contribution >= 0.6 is 11.6 Å². The smallest absolute Gasteiger partial charge is 0.211 e. The van der Waals surface area contributed by atoms with Crippen molar-refractivity contribution in [2.75, 3.05) is 24.8 Å². The summed E-state index contributed by atoms with van der Waals surface area (Å²) < 4.78 is 30.8. The number of alkyl halides is 1. The maximum Gasteiger partial charge on any atom is 0.211 e. The molecule has 0 bridgehead atoms. The molecule has 15 heavy (non-hydrogen) atoms. The van der Waals surface area contributed by atoms with Gasteiger partial charge in [-0.2, -0.15) is 0 Å². The molecule has 1 N–H and O–H groups in total. The summed E-state index contributed by atoms with van der Waals surface area (Å²) in [6.07, 6.45) is 3.39. The topological polar surface area (TPSA) is 55.4 Å². The Morgan fingerprint density at radius 1 is 1.40 bits per heavy atom. The highest BCUT2D eigenvalue weighted by Gasteiger charge is 2.18. The average Bonchev–Trinajstić information content (AvgIpc) is 2.68. The SMILES string of the molecule is O=S(=O)(CCCCCl)NCC1CCCO1. The molecule has 0 saturated carbocycles. The van der Waals surface area contributed by atoms with Gasteiger partial charge < -0.3 is 4.74 Å². The van der Waals surface area contributed by atoms with Gasteiger partial charge in [0.2, 0.25) is 10.0 Å². The largest absolute Gasteiger partial charge is 0.377 e. The highest BCUT2D eigenvalue weighted by Crippen LogP contribution is 2.11. The number of rotatable bonds is 7. The van der Waals surface area contributed by atoms with Gasteiger partial charge in [-0.05, 0) is 25.7 Å². The molecule has 0 aromatic heterocycles. The summed E-state index contributed by atoms with van der Waals surface area (Å²) in [5, 5.41) is 0. The summed E-state index contributed by atoms with van der Waals surface area (Å²) in [5.74, 6) is 0.674. The summed E-state index contributed by atoms with van der Waals surface area (Å²) in [7, 11) is -3.13. The number of hydrogen-bond donors (Lipinski definition) is 1. The third kappa shape index (κ3) is 5.70. The van der Waals surface area contributed by atoms with E-state index in [0.29, 0.717) is 18.8 Å². The van der Waals surface area contributed by atoms with Crippen LogP contribution in [0.1, 0.15) is 25.7 Å². The highest BCUT2D eigenvalue weighted by atomic mass is 35.5. The molecule has 1 heterocycles. The first-order valence-electron chi connectivity index (χ1n) is 5.29. The standard InChI is InChI=1S/C9H18ClNO3S/c10-5-1-2-7-15(12,13)11-8-9-4-3-6-14-9/h9,11H,1-8H2. The second kappa shape index (κ2) is 6.68. The molecule has 0 spiro atoms. The van der Waals surface area contributed by atoms with Crippen molar-refractivity contribution in [1.29, 1.82) is 0 Å². The lowest BCUT2D eigenvalue weighted by atomic mass is 10.2. The molecule has 0 radical (unpaired) electrons. The van der Waals surface area contributed by atoms with E-state index >= 15 is 0 Å². The molecule has 0 amide bonds. The third-order valence-electron chi connectivity index (χ3n) is 2.35. The van der Waals surface area contributed by atoms with Gasteiger partial charge in [0.1, 0.15) is 0 Å². The number of sulfonamides is 1. The number of unbranched alkanes of at least 4 members (excludes halogenated alkanes) is 1. The van der Waals surface area contributed by atoms with Crippen LogP contribution in [-0.4, -0.2) is 39.3 Å². The average molecular weight is 256 g/mol. The van der Waals surface area contributed by atoms with Crippen LogP contribution < -0.4 is 4.72 Å². The summed E-state index contributed by atoms with van der Waals surface area (Å²) in [5.41, 5.74) is 0. The van der Waals surface area contributed by atoms with E-state index in [2.05, 4.69) is 4.72 Å². The molecule has 90 valence electrons. The lowest BCUT2D eigenvalue weighted by Crippen LogP contribution is -2.33. The van der Waals surface area contributed by atoms with Crippen molar-refractivity contribution in [3.63, 3.8) is 0 Å². The van der Waals surface area contributed by atoms with E-state index in [0.717, 1.165) is 25.9 Å². The zero-order valence-corrected chi connectivity index (χ0v) is 10.3. The highest BCUT2D eigenvalue weighted by molar-refractivity contribution is 7.89. The minimum absolute atomic E-state index is 0.0628. The molecule has 1 saturated heterocycles. The number of hydrogen-bond acceptors (Lipinski definition) is 3. The maximum atomic E-state index is 11.5. The van der Waals surface area contributed by atoms with Crippen LogP contribution in [0.25, 0.3) is 0 Å². The maximum absolute atomic E-state index is 11.5. The summed E-state index contributed by atoms with van der Waals surface area (Å²) >= 11 is 5.48. The van der Waals surface area contributed by atoms with Crippen molar-refractivity contribution in [2.24, 2.45) is 0 Å². The van der Waals surface area contributed by atoms with Crippen molar-refractivity contribution in [2.45, 2.75) is 31.8 Å². The summed E-state index contributed by atoms with van der Waals surface area (Å²) in [6, 6.07) is 0. The van der Waals surface area contributed by atoms with Gasteiger partial charge in [0, 0.05) is 19.0 Å².